The van der Waals surface area contributed by atoms with Gasteiger partial charge in [0.05, 0.1) is 22.8 Å². The van der Waals surface area contributed by atoms with Crippen LogP contribution in [0.5, 0.6) is 0 Å². The van der Waals surface area contributed by atoms with Gasteiger partial charge in [0.25, 0.3) is 0 Å². The zero-order chi connectivity index (χ0) is 11.7. The maximum atomic E-state index is 5.47. The third kappa shape index (κ3) is 1.74. The van der Waals surface area contributed by atoms with E-state index in [1.807, 2.05) is 18.2 Å². The predicted molar refractivity (Wildman–Crippen MR) is 64.5 cm³/mol. The first-order valence-electron chi connectivity index (χ1n) is 5.58. The lowest BCUT2D eigenvalue weighted by molar-refractivity contribution is 0.429. The minimum atomic E-state index is 0.662. The van der Waals surface area contributed by atoms with E-state index in [1.165, 1.54) is 0 Å². The van der Waals surface area contributed by atoms with E-state index in [9.17, 15) is 0 Å². The van der Waals surface area contributed by atoms with Crippen LogP contribution in [-0.4, -0.2) is 21.9 Å². The summed E-state index contributed by atoms with van der Waals surface area (Å²) in [6.07, 6.45) is 3.45. The molecule has 1 aromatic carbocycles. The molecule has 86 valence electrons. The number of rotatable bonds is 3. The zero-order valence-electron chi connectivity index (χ0n) is 9.26. The van der Waals surface area contributed by atoms with Crippen LogP contribution >= 0.6 is 0 Å². The maximum absolute atomic E-state index is 5.47. The van der Waals surface area contributed by atoms with Gasteiger partial charge in [0.1, 0.15) is 0 Å². The molecule has 0 saturated carbocycles. The van der Waals surface area contributed by atoms with Gasteiger partial charge in [-0.3, -0.25) is 0 Å². The van der Waals surface area contributed by atoms with Crippen molar-refractivity contribution >= 4 is 21.9 Å². The molecule has 0 saturated heterocycles. The van der Waals surface area contributed by atoms with E-state index in [0.717, 1.165) is 40.4 Å². The van der Waals surface area contributed by atoms with Crippen molar-refractivity contribution in [3.8, 4) is 0 Å². The van der Waals surface area contributed by atoms with Crippen LogP contribution in [0.1, 0.15) is 12.1 Å². The number of aromatic nitrogens is 3. The van der Waals surface area contributed by atoms with E-state index in [4.69, 9.17) is 10.3 Å². The van der Waals surface area contributed by atoms with Crippen molar-refractivity contribution in [2.24, 2.45) is 5.73 Å². The maximum Gasteiger partial charge on any atom is 0.176 e. The summed E-state index contributed by atoms with van der Waals surface area (Å²) in [6, 6.07) is 5.94. The smallest absolute Gasteiger partial charge is 0.176 e. The van der Waals surface area contributed by atoms with Gasteiger partial charge in [0.2, 0.25) is 0 Å². The number of nitrogens with two attached hydrogens (primary N) is 1. The standard InChI is InChI=1S/C12H12N4O/c13-5-1-2-9-6-8-3-4-11-10(7-14-15-11)12(8)17-16-9/h3-4,6-7H,1-2,5,13H2. The lowest BCUT2D eigenvalue weighted by atomic mass is 10.1. The summed E-state index contributed by atoms with van der Waals surface area (Å²) in [4.78, 5) is 0. The van der Waals surface area contributed by atoms with Crippen LogP contribution in [-0.2, 0) is 6.42 Å². The van der Waals surface area contributed by atoms with Crippen LogP contribution in [0.3, 0.4) is 0 Å². The molecule has 3 aromatic rings. The van der Waals surface area contributed by atoms with Gasteiger partial charge < -0.3 is 10.3 Å². The van der Waals surface area contributed by atoms with E-state index in [1.54, 1.807) is 6.20 Å². The molecule has 0 aliphatic heterocycles. The molecule has 2 aromatic heterocycles. The lowest BCUT2D eigenvalue weighted by Crippen LogP contribution is -2.01. The van der Waals surface area contributed by atoms with Crippen molar-refractivity contribution in [3.63, 3.8) is 0 Å². The van der Waals surface area contributed by atoms with Crippen LogP contribution in [0, 0.1) is 0 Å². The number of fused-ring (bicyclic) bond motifs is 3. The molecule has 5 heteroatoms. The van der Waals surface area contributed by atoms with Crippen LogP contribution < -0.4 is 5.73 Å². The largest absolute Gasteiger partial charge is 0.355 e. The molecule has 0 aliphatic carbocycles. The van der Waals surface area contributed by atoms with Gasteiger partial charge in [0, 0.05) is 5.39 Å². The van der Waals surface area contributed by atoms with Gasteiger partial charge in [-0.15, -0.1) is 0 Å². The first-order chi connectivity index (χ1) is 8.38. The first kappa shape index (κ1) is 10.2. The summed E-state index contributed by atoms with van der Waals surface area (Å²) in [6.45, 7) is 0.662. The molecule has 17 heavy (non-hydrogen) atoms. The van der Waals surface area contributed by atoms with Gasteiger partial charge in [-0.05, 0) is 37.6 Å². The topological polar surface area (TPSA) is 77.8 Å². The fourth-order valence-corrected chi connectivity index (χ4v) is 1.89. The Morgan fingerprint density at radius 3 is 3.12 bits per heavy atom. The second kappa shape index (κ2) is 4.10. The quantitative estimate of drug-likeness (QED) is 0.737. The second-order valence-electron chi connectivity index (χ2n) is 3.97. The molecular weight excluding hydrogens is 216 g/mol. The molecule has 2 heterocycles. The third-order valence-electron chi connectivity index (χ3n) is 2.77. The Labute approximate surface area is 97.6 Å². The van der Waals surface area contributed by atoms with E-state index < -0.39 is 0 Å². The zero-order valence-corrected chi connectivity index (χ0v) is 9.26. The highest BCUT2D eigenvalue weighted by atomic mass is 16.5. The van der Waals surface area contributed by atoms with Gasteiger partial charge in [0.15, 0.2) is 5.58 Å². The second-order valence-corrected chi connectivity index (χ2v) is 3.97. The molecule has 0 spiro atoms. The Hall–Kier alpha value is -2.01. The molecule has 3 rings (SSSR count). The molecule has 0 atom stereocenters. The highest BCUT2D eigenvalue weighted by Crippen LogP contribution is 2.23. The van der Waals surface area contributed by atoms with Crippen molar-refractivity contribution in [2.75, 3.05) is 6.54 Å². The van der Waals surface area contributed by atoms with Crippen LogP contribution in [0.2, 0.25) is 0 Å². The molecule has 0 unspecified atom stereocenters. The van der Waals surface area contributed by atoms with Crippen LogP contribution in [0.15, 0.2) is 28.9 Å². The minimum absolute atomic E-state index is 0.662. The molecule has 0 aliphatic rings. The Bertz CT molecular complexity index is 662. The predicted octanol–water partition coefficient (Wildman–Crippen LogP) is 1.66. The molecule has 0 radical (unpaired) electrons. The highest BCUT2D eigenvalue weighted by molar-refractivity contribution is 6.01. The first-order valence-corrected chi connectivity index (χ1v) is 5.58. The highest BCUT2D eigenvalue weighted by Gasteiger charge is 2.07. The van der Waals surface area contributed by atoms with Crippen LogP contribution in [0.25, 0.3) is 21.9 Å². The molecule has 0 bridgehead atoms. The fraction of sp³-hybridized carbons (Fsp3) is 0.250. The van der Waals surface area contributed by atoms with E-state index >= 15 is 0 Å². The third-order valence-corrected chi connectivity index (χ3v) is 2.77. The average Bonchev–Trinajstić information content (AvgIpc) is 2.84. The summed E-state index contributed by atoms with van der Waals surface area (Å²) < 4.78 is 5.44. The van der Waals surface area contributed by atoms with Crippen molar-refractivity contribution in [2.45, 2.75) is 12.8 Å². The number of hydrogen-bond acceptors (Lipinski definition) is 5. The van der Waals surface area contributed by atoms with Crippen molar-refractivity contribution in [1.29, 1.82) is 0 Å². The molecule has 0 fully saturated rings. The fourth-order valence-electron chi connectivity index (χ4n) is 1.89. The summed E-state index contributed by atoms with van der Waals surface area (Å²) in [5, 5.41) is 13.9. The van der Waals surface area contributed by atoms with Gasteiger partial charge >= 0.3 is 0 Å². The van der Waals surface area contributed by atoms with Gasteiger partial charge in [-0.2, -0.15) is 10.2 Å². The summed E-state index contributed by atoms with van der Waals surface area (Å²) in [7, 11) is 0. The molecule has 5 nitrogen and oxygen atoms in total. The molecule has 0 amide bonds. The van der Waals surface area contributed by atoms with Gasteiger partial charge in [-0.25, -0.2) is 0 Å². The SMILES string of the molecule is NCCCc1cc2ccc3nncc3c2on1. The number of hydrogen-bond donors (Lipinski definition) is 1. The van der Waals surface area contributed by atoms with E-state index in [0.29, 0.717) is 6.54 Å². The van der Waals surface area contributed by atoms with Crippen molar-refractivity contribution in [1.82, 2.24) is 15.4 Å². The minimum Gasteiger partial charge on any atom is -0.355 e. The number of nitrogens with zero attached hydrogens (tertiary/aromatic N) is 3. The summed E-state index contributed by atoms with van der Waals surface area (Å²) in [5.74, 6) is 0. The summed E-state index contributed by atoms with van der Waals surface area (Å²) in [5.41, 5.74) is 7.97. The van der Waals surface area contributed by atoms with E-state index in [2.05, 4.69) is 15.4 Å². The monoisotopic (exact) mass is 228 g/mol. The van der Waals surface area contributed by atoms with Crippen molar-refractivity contribution in [3.05, 3.63) is 30.1 Å². The van der Waals surface area contributed by atoms with Crippen molar-refractivity contribution < 1.29 is 4.52 Å². The molecule has 2 N–H and O–H groups in total. The molecular formula is C12H12N4O. The average molecular weight is 228 g/mol. The number of benzene rings is 1. The Balaban J connectivity index is 2.13. The summed E-state index contributed by atoms with van der Waals surface area (Å²) >= 11 is 0. The Kier molecular flexibility index (Phi) is 2.45. The Morgan fingerprint density at radius 1 is 1.29 bits per heavy atom. The van der Waals surface area contributed by atoms with Crippen LogP contribution in [0.4, 0.5) is 0 Å². The Morgan fingerprint density at radius 2 is 2.24 bits per heavy atom. The van der Waals surface area contributed by atoms with Gasteiger partial charge in [-0.1, -0.05) is 5.16 Å². The normalized spacial score (nSPS) is 11.4. The van der Waals surface area contributed by atoms with E-state index in [-0.39, 0.29) is 0 Å². The lowest BCUT2D eigenvalue weighted by Gasteiger charge is -2.01. The number of aryl methyl sites for hydroxylation is 1.